The molecule has 1 heterocycles. The van der Waals surface area contributed by atoms with Crippen molar-refractivity contribution < 1.29 is 13.5 Å². The fourth-order valence-electron chi connectivity index (χ4n) is 1.06. The molecule has 0 atom stereocenters. The van der Waals surface area contributed by atoms with Gasteiger partial charge in [0.05, 0.1) is 0 Å². The van der Waals surface area contributed by atoms with E-state index in [1.807, 2.05) is 13.2 Å². The fourth-order valence-corrected chi connectivity index (χ4v) is 1.43. The third-order valence-electron chi connectivity index (χ3n) is 1.78. The first-order valence-corrected chi connectivity index (χ1v) is 6.46. The van der Waals surface area contributed by atoms with Gasteiger partial charge >= 0.3 is 0 Å². The highest BCUT2D eigenvalue weighted by Crippen LogP contribution is 2.19. The predicted octanol–water partition coefficient (Wildman–Crippen LogP) is 2.66. The van der Waals surface area contributed by atoms with E-state index in [0.717, 1.165) is 13.0 Å². The Bertz CT molecular complexity index is 352. The highest BCUT2D eigenvalue weighted by Gasteiger charge is 2.08. The van der Waals surface area contributed by atoms with Crippen LogP contribution in [0.15, 0.2) is 11.2 Å². The first-order valence-electron chi connectivity index (χ1n) is 5.23. The zero-order valence-corrected chi connectivity index (χ0v) is 10.6. The molecule has 7 heteroatoms. The molecule has 0 amide bonds. The average molecular weight is 263 g/mol. The normalized spacial score (nSPS) is 10.6. The Morgan fingerprint density at radius 1 is 1.47 bits per heavy atom. The van der Waals surface area contributed by atoms with Crippen LogP contribution in [-0.2, 0) is 0 Å². The first-order chi connectivity index (χ1) is 8.15. The number of hydrogen-bond acceptors (Lipinski definition) is 5. The van der Waals surface area contributed by atoms with Gasteiger partial charge in [-0.15, -0.1) is 0 Å². The summed E-state index contributed by atoms with van der Waals surface area (Å²) in [6.45, 7) is 2.13. The van der Waals surface area contributed by atoms with Crippen molar-refractivity contribution in [3.63, 3.8) is 0 Å². The first kappa shape index (κ1) is 14.0. The van der Waals surface area contributed by atoms with E-state index in [1.54, 1.807) is 0 Å². The summed E-state index contributed by atoms with van der Waals surface area (Å²) in [7, 11) is 0. The molecule has 0 saturated carbocycles. The number of thioether (sulfide) groups is 1. The van der Waals surface area contributed by atoms with Crippen molar-refractivity contribution >= 4 is 17.6 Å². The van der Waals surface area contributed by atoms with Crippen LogP contribution in [0, 0.1) is 0 Å². The molecule has 1 rings (SSSR count). The van der Waals surface area contributed by atoms with Gasteiger partial charge in [0.2, 0.25) is 5.88 Å². The minimum atomic E-state index is -2.50. The van der Waals surface area contributed by atoms with E-state index in [-0.39, 0.29) is 5.88 Å². The number of alkyl halides is 2. The maximum absolute atomic E-state index is 12.0. The van der Waals surface area contributed by atoms with Crippen molar-refractivity contribution in [2.24, 2.45) is 0 Å². The van der Waals surface area contributed by atoms with Crippen molar-refractivity contribution in [2.45, 2.75) is 24.9 Å². The molecule has 0 spiro atoms. The zero-order valence-electron chi connectivity index (χ0n) is 9.74. The van der Waals surface area contributed by atoms with Gasteiger partial charge in [0.15, 0.2) is 11.8 Å². The Morgan fingerprint density at radius 3 is 2.82 bits per heavy atom. The van der Waals surface area contributed by atoms with E-state index in [9.17, 15) is 8.78 Å². The standard InChI is InChI=1S/C10H15F2N3OS/c1-3-4-13-8-5-9(16-6-7(11)12)15-10(14-8)17-2/h5,7H,3-4,6H2,1-2H3,(H,13,14,15). The summed E-state index contributed by atoms with van der Waals surface area (Å²) in [5, 5.41) is 3.56. The molecule has 1 N–H and O–H groups in total. The van der Waals surface area contributed by atoms with E-state index in [4.69, 9.17) is 4.74 Å². The lowest BCUT2D eigenvalue weighted by Gasteiger charge is -2.09. The monoisotopic (exact) mass is 263 g/mol. The topological polar surface area (TPSA) is 47.0 Å². The summed E-state index contributed by atoms with van der Waals surface area (Å²) in [5.41, 5.74) is 0. The molecule has 0 aliphatic rings. The van der Waals surface area contributed by atoms with Crippen molar-refractivity contribution in [1.82, 2.24) is 9.97 Å². The number of hydrogen-bond donors (Lipinski definition) is 1. The molecule has 1 aromatic heterocycles. The van der Waals surface area contributed by atoms with E-state index in [1.165, 1.54) is 17.8 Å². The second-order valence-corrected chi connectivity index (χ2v) is 3.98. The van der Waals surface area contributed by atoms with Crippen molar-refractivity contribution in [2.75, 3.05) is 24.7 Å². The van der Waals surface area contributed by atoms with Gasteiger partial charge in [-0.05, 0) is 12.7 Å². The summed E-state index contributed by atoms with van der Waals surface area (Å²) in [6, 6.07) is 1.53. The van der Waals surface area contributed by atoms with Gasteiger partial charge in [0.25, 0.3) is 6.43 Å². The Balaban J connectivity index is 2.73. The molecule has 96 valence electrons. The minimum absolute atomic E-state index is 0.170. The van der Waals surface area contributed by atoms with Crippen LogP contribution in [0.2, 0.25) is 0 Å². The number of nitrogens with zero attached hydrogens (tertiary/aromatic N) is 2. The summed E-state index contributed by atoms with van der Waals surface area (Å²) in [6.07, 6.45) is 0.261. The van der Waals surface area contributed by atoms with Crippen molar-refractivity contribution in [3.05, 3.63) is 6.07 Å². The second kappa shape index (κ2) is 7.26. The minimum Gasteiger partial charge on any atom is -0.471 e. The molecule has 0 saturated heterocycles. The third-order valence-corrected chi connectivity index (χ3v) is 2.33. The second-order valence-electron chi connectivity index (χ2n) is 3.21. The maximum Gasteiger partial charge on any atom is 0.272 e. The number of ether oxygens (including phenoxy) is 1. The number of anilines is 1. The predicted molar refractivity (Wildman–Crippen MR) is 64.1 cm³/mol. The van der Waals surface area contributed by atoms with E-state index >= 15 is 0 Å². The number of halogens is 2. The van der Waals surface area contributed by atoms with Crippen LogP contribution in [0.25, 0.3) is 0 Å². The fraction of sp³-hybridized carbons (Fsp3) is 0.600. The summed E-state index contributed by atoms with van der Waals surface area (Å²) < 4.78 is 28.9. The summed E-state index contributed by atoms with van der Waals surface area (Å²) >= 11 is 1.34. The maximum atomic E-state index is 12.0. The van der Waals surface area contributed by atoms with Gasteiger partial charge in [-0.25, -0.2) is 13.8 Å². The van der Waals surface area contributed by atoms with Crippen LogP contribution in [0.5, 0.6) is 5.88 Å². The van der Waals surface area contributed by atoms with Crippen LogP contribution < -0.4 is 10.1 Å². The van der Waals surface area contributed by atoms with Gasteiger partial charge in [0.1, 0.15) is 5.82 Å². The Hall–Kier alpha value is -1.11. The van der Waals surface area contributed by atoms with Gasteiger partial charge < -0.3 is 10.1 Å². The van der Waals surface area contributed by atoms with E-state index < -0.39 is 13.0 Å². The summed E-state index contributed by atoms with van der Waals surface area (Å²) in [5.74, 6) is 0.763. The molecule has 0 aromatic carbocycles. The highest BCUT2D eigenvalue weighted by molar-refractivity contribution is 7.98. The van der Waals surface area contributed by atoms with Gasteiger partial charge in [-0.2, -0.15) is 4.98 Å². The molecule has 0 unspecified atom stereocenters. The van der Waals surface area contributed by atoms with Gasteiger partial charge in [0, 0.05) is 12.6 Å². The largest absolute Gasteiger partial charge is 0.471 e. The average Bonchev–Trinajstić information content (AvgIpc) is 2.33. The van der Waals surface area contributed by atoms with Crippen LogP contribution >= 0.6 is 11.8 Å². The number of nitrogens with one attached hydrogen (secondary N) is 1. The van der Waals surface area contributed by atoms with E-state index in [0.29, 0.717) is 11.0 Å². The van der Waals surface area contributed by atoms with Gasteiger partial charge in [-0.1, -0.05) is 18.7 Å². The molecular weight excluding hydrogens is 248 g/mol. The Kier molecular flexibility index (Phi) is 5.96. The molecule has 17 heavy (non-hydrogen) atoms. The van der Waals surface area contributed by atoms with Crippen LogP contribution in [-0.4, -0.2) is 35.8 Å². The molecule has 0 bridgehead atoms. The molecule has 0 aliphatic carbocycles. The van der Waals surface area contributed by atoms with E-state index in [2.05, 4.69) is 15.3 Å². The molecule has 0 fully saturated rings. The van der Waals surface area contributed by atoms with Gasteiger partial charge in [-0.3, -0.25) is 0 Å². The molecule has 1 aromatic rings. The van der Waals surface area contributed by atoms with Crippen LogP contribution in [0.4, 0.5) is 14.6 Å². The van der Waals surface area contributed by atoms with Crippen LogP contribution in [0.3, 0.4) is 0 Å². The number of aromatic nitrogens is 2. The molecule has 4 nitrogen and oxygen atoms in total. The van der Waals surface area contributed by atoms with Crippen molar-refractivity contribution in [3.8, 4) is 5.88 Å². The Morgan fingerprint density at radius 2 is 2.24 bits per heavy atom. The third kappa shape index (κ3) is 5.16. The molecule has 0 aliphatic heterocycles. The highest BCUT2D eigenvalue weighted by atomic mass is 32.2. The van der Waals surface area contributed by atoms with Crippen LogP contribution in [0.1, 0.15) is 13.3 Å². The molecular formula is C10H15F2N3OS. The zero-order chi connectivity index (χ0) is 12.7. The lowest BCUT2D eigenvalue weighted by molar-refractivity contribution is 0.0792. The Labute approximate surface area is 103 Å². The lowest BCUT2D eigenvalue weighted by atomic mass is 10.4. The summed E-state index contributed by atoms with van der Waals surface area (Å²) in [4.78, 5) is 8.18. The lowest BCUT2D eigenvalue weighted by Crippen LogP contribution is -2.10. The van der Waals surface area contributed by atoms with Crippen molar-refractivity contribution in [1.29, 1.82) is 0 Å². The molecule has 0 radical (unpaired) electrons. The number of rotatable bonds is 7. The SMILES string of the molecule is CCCNc1cc(OCC(F)F)nc(SC)n1. The smallest absolute Gasteiger partial charge is 0.272 e. The quantitative estimate of drug-likeness (QED) is 0.605.